The summed E-state index contributed by atoms with van der Waals surface area (Å²) in [5.41, 5.74) is 0.409. The monoisotopic (exact) mass is 292 g/mol. The molecule has 2 rings (SSSR count). The van der Waals surface area contributed by atoms with Crippen molar-refractivity contribution in [3.8, 4) is 0 Å². The van der Waals surface area contributed by atoms with Gasteiger partial charge in [-0.3, -0.25) is 9.59 Å². The molecule has 0 bridgehead atoms. The van der Waals surface area contributed by atoms with E-state index in [-0.39, 0.29) is 24.4 Å². The summed E-state index contributed by atoms with van der Waals surface area (Å²) in [6.45, 7) is 1.51. The molecule has 1 fully saturated rings. The molecule has 0 spiro atoms. The number of hydrogen-bond acceptors (Lipinski definition) is 2. The van der Waals surface area contributed by atoms with Crippen molar-refractivity contribution in [1.82, 2.24) is 4.90 Å². The molecule has 1 N–H and O–H groups in total. The molecule has 1 aliphatic carbocycles. The molecule has 0 saturated heterocycles. The highest BCUT2D eigenvalue weighted by Crippen LogP contribution is 2.22. The van der Waals surface area contributed by atoms with E-state index in [0.29, 0.717) is 5.69 Å². The fourth-order valence-electron chi connectivity index (χ4n) is 2.81. The minimum atomic E-state index is -0.400. The van der Waals surface area contributed by atoms with Gasteiger partial charge in [0.05, 0.1) is 0 Å². The van der Waals surface area contributed by atoms with Crippen molar-refractivity contribution in [1.29, 1.82) is 0 Å². The van der Waals surface area contributed by atoms with Crippen LogP contribution >= 0.6 is 0 Å². The lowest BCUT2D eigenvalue weighted by atomic mass is 9.94. The Morgan fingerprint density at radius 1 is 1.29 bits per heavy atom. The Morgan fingerprint density at radius 3 is 2.62 bits per heavy atom. The van der Waals surface area contributed by atoms with E-state index in [1.807, 2.05) is 0 Å². The average molecular weight is 292 g/mol. The van der Waals surface area contributed by atoms with Gasteiger partial charge in [-0.15, -0.1) is 0 Å². The molecule has 0 unspecified atom stereocenters. The lowest BCUT2D eigenvalue weighted by Crippen LogP contribution is -2.44. The average Bonchev–Trinajstić information content (AvgIpc) is 2.45. The third kappa shape index (κ3) is 4.55. The first-order chi connectivity index (χ1) is 10.1. The van der Waals surface area contributed by atoms with E-state index in [1.165, 1.54) is 31.5 Å². The van der Waals surface area contributed by atoms with Crippen LogP contribution in [0.3, 0.4) is 0 Å². The fourth-order valence-corrected chi connectivity index (χ4v) is 2.81. The zero-order valence-electron chi connectivity index (χ0n) is 12.3. The predicted molar refractivity (Wildman–Crippen MR) is 79.3 cm³/mol. The van der Waals surface area contributed by atoms with Crippen LogP contribution in [0.5, 0.6) is 0 Å². The van der Waals surface area contributed by atoms with E-state index in [1.54, 1.807) is 11.0 Å². The van der Waals surface area contributed by atoms with E-state index in [2.05, 4.69) is 5.32 Å². The number of amides is 2. The van der Waals surface area contributed by atoms with Gasteiger partial charge in [0.1, 0.15) is 12.4 Å². The zero-order valence-corrected chi connectivity index (χ0v) is 12.3. The maximum absolute atomic E-state index is 13.1. The van der Waals surface area contributed by atoms with Crippen LogP contribution < -0.4 is 5.32 Å². The summed E-state index contributed by atoms with van der Waals surface area (Å²) in [6, 6.07) is 5.89. The largest absolute Gasteiger partial charge is 0.331 e. The van der Waals surface area contributed by atoms with Crippen molar-refractivity contribution >= 4 is 17.5 Å². The van der Waals surface area contributed by atoms with Gasteiger partial charge in [-0.25, -0.2) is 4.39 Å². The van der Waals surface area contributed by atoms with Gasteiger partial charge in [-0.2, -0.15) is 0 Å². The smallest absolute Gasteiger partial charge is 0.244 e. The number of carbonyl (C=O) groups is 2. The molecule has 0 aliphatic heterocycles. The van der Waals surface area contributed by atoms with Crippen LogP contribution in [0.15, 0.2) is 24.3 Å². The molecule has 1 aromatic rings. The second kappa shape index (κ2) is 7.20. The summed E-state index contributed by atoms with van der Waals surface area (Å²) < 4.78 is 13.1. The molecule has 0 atom stereocenters. The van der Waals surface area contributed by atoms with Gasteiger partial charge < -0.3 is 10.2 Å². The number of benzene rings is 1. The number of carbonyl (C=O) groups excluding carboxylic acids is 2. The predicted octanol–water partition coefficient (Wildman–Crippen LogP) is 2.95. The number of anilines is 1. The second-order valence-corrected chi connectivity index (χ2v) is 5.50. The zero-order chi connectivity index (χ0) is 15.2. The Balaban J connectivity index is 1.96. The molecule has 0 heterocycles. The number of nitrogens with zero attached hydrogens (tertiary/aromatic N) is 1. The van der Waals surface area contributed by atoms with Crippen molar-refractivity contribution in [2.24, 2.45) is 0 Å². The van der Waals surface area contributed by atoms with Crippen molar-refractivity contribution < 1.29 is 14.0 Å². The van der Waals surface area contributed by atoms with E-state index >= 15 is 0 Å². The molecule has 21 heavy (non-hydrogen) atoms. The first-order valence-corrected chi connectivity index (χ1v) is 7.39. The number of halogens is 1. The van der Waals surface area contributed by atoms with Crippen LogP contribution in [-0.4, -0.2) is 29.3 Å². The Kier molecular flexibility index (Phi) is 5.31. The summed E-state index contributed by atoms with van der Waals surface area (Å²) in [4.78, 5) is 25.5. The molecule has 4 nitrogen and oxygen atoms in total. The number of hydrogen-bond donors (Lipinski definition) is 1. The van der Waals surface area contributed by atoms with Crippen LogP contribution in [0.2, 0.25) is 0 Å². The minimum absolute atomic E-state index is 0.0243. The molecule has 1 saturated carbocycles. The fraction of sp³-hybridized carbons (Fsp3) is 0.500. The van der Waals surface area contributed by atoms with Crippen LogP contribution in [-0.2, 0) is 9.59 Å². The summed E-state index contributed by atoms with van der Waals surface area (Å²) in [5.74, 6) is -0.777. The van der Waals surface area contributed by atoms with E-state index in [0.717, 1.165) is 25.7 Å². The molecular weight excluding hydrogens is 271 g/mol. The van der Waals surface area contributed by atoms with Crippen LogP contribution in [0.1, 0.15) is 39.0 Å². The lowest BCUT2D eigenvalue weighted by Gasteiger charge is -2.33. The third-order valence-corrected chi connectivity index (χ3v) is 3.84. The van der Waals surface area contributed by atoms with Gasteiger partial charge in [0, 0.05) is 18.7 Å². The maximum Gasteiger partial charge on any atom is 0.244 e. The Labute approximate surface area is 124 Å². The third-order valence-electron chi connectivity index (χ3n) is 3.84. The molecule has 0 aromatic heterocycles. The standard InChI is InChI=1S/C16H21FN2O2/c1-12(20)19(15-8-3-2-4-9-15)11-16(21)18-14-7-5-6-13(17)10-14/h5-7,10,15H,2-4,8-9,11H2,1H3,(H,18,21). The van der Waals surface area contributed by atoms with Gasteiger partial charge in [0.2, 0.25) is 11.8 Å². The first-order valence-electron chi connectivity index (χ1n) is 7.39. The van der Waals surface area contributed by atoms with Gasteiger partial charge in [-0.05, 0) is 31.0 Å². The van der Waals surface area contributed by atoms with Crippen LogP contribution in [0, 0.1) is 5.82 Å². The SMILES string of the molecule is CC(=O)N(CC(=O)Nc1cccc(F)c1)C1CCCCC1. The Hall–Kier alpha value is -1.91. The van der Waals surface area contributed by atoms with Crippen LogP contribution in [0.25, 0.3) is 0 Å². The van der Waals surface area contributed by atoms with Gasteiger partial charge in [-0.1, -0.05) is 25.3 Å². The highest BCUT2D eigenvalue weighted by molar-refractivity contribution is 5.94. The quantitative estimate of drug-likeness (QED) is 0.927. The maximum atomic E-state index is 13.1. The first kappa shape index (κ1) is 15.5. The normalized spacial score (nSPS) is 15.5. The molecular formula is C16H21FN2O2. The molecule has 0 radical (unpaired) electrons. The van der Waals surface area contributed by atoms with E-state index in [9.17, 15) is 14.0 Å². The number of nitrogens with one attached hydrogen (secondary N) is 1. The topological polar surface area (TPSA) is 49.4 Å². The Morgan fingerprint density at radius 2 is 2.00 bits per heavy atom. The van der Waals surface area contributed by atoms with Crippen molar-refractivity contribution in [2.75, 3.05) is 11.9 Å². The highest BCUT2D eigenvalue weighted by atomic mass is 19.1. The highest BCUT2D eigenvalue weighted by Gasteiger charge is 2.25. The minimum Gasteiger partial charge on any atom is -0.331 e. The lowest BCUT2D eigenvalue weighted by molar-refractivity contribution is -0.135. The van der Waals surface area contributed by atoms with Gasteiger partial charge >= 0.3 is 0 Å². The molecule has 5 heteroatoms. The molecule has 1 aromatic carbocycles. The van der Waals surface area contributed by atoms with Crippen molar-refractivity contribution in [3.63, 3.8) is 0 Å². The molecule has 2 amide bonds. The molecule has 114 valence electrons. The van der Waals surface area contributed by atoms with Crippen LogP contribution in [0.4, 0.5) is 10.1 Å². The molecule has 1 aliphatic rings. The van der Waals surface area contributed by atoms with Crippen molar-refractivity contribution in [3.05, 3.63) is 30.1 Å². The summed E-state index contributed by atoms with van der Waals surface area (Å²) in [7, 11) is 0. The number of rotatable bonds is 4. The van der Waals surface area contributed by atoms with E-state index in [4.69, 9.17) is 0 Å². The Bertz CT molecular complexity index is 513. The van der Waals surface area contributed by atoms with Gasteiger partial charge in [0.25, 0.3) is 0 Å². The summed E-state index contributed by atoms with van der Waals surface area (Å²) in [5, 5.41) is 2.63. The van der Waals surface area contributed by atoms with Gasteiger partial charge in [0.15, 0.2) is 0 Å². The summed E-state index contributed by atoms with van der Waals surface area (Å²) >= 11 is 0. The summed E-state index contributed by atoms with van der Waals surface area (Å²) in [6.07, 6.45) is 5.29. The van der Waals surface area contributed by atoms with Crippen molar-refractivity contribution in [2.45, 2.75) is 45.1 Å². The van der Waals surface area contributed by atoms with E-state index < -0.39 is 5.82 Å². The second-order valence-electron chi connectivity index (χ2n) is 5.50.